The van der Waals surface area contributed by atoms with Crippen LogP contribution in [0.15, 0.2) is 146 Å². The van der Waals surface area contributed by atoms with Gasteiger partial charge in [0.05, 0.1) is 18.2 Å². The van der Waals surface area contributed by atoms with Gasteiger partial charge in [-0.25, -0.2) is 9.59 Å². The first-order valence-electron chi connectivity index (χ1n) is 15.6. The van der Waals surface area contributed by atoms with Gasteiger partial charge in [-0.15, -0.1) is 0 Å². The fourth-order valence-electron chi connectivity index (χ4n) is 5.83. The van der Waals surface area contributed by atoms with E-state index in [9.17, 15) is 9.59 Å². The van der Waals surface area contributed by atoms with E-state index in [0.29, 0.717) is 16.9 Å². The molecule has 0 bridgehead atoms. The van der Waals surface area contributed by atoms with Crippen molar-refractivity contribution in [2.75, 3.05) is 7.11 Å². The van der Waals surface area contributed by atoms with Crippen LogP contribution >= 0.6 is 0 Å². The van der Waals surface area contributed by atoms with Crippen LogP contribution in [0.3, 0.4) is 0 Å². The van der Waals surface area contributed by atoms with Gasteiger partial charge in [0.1, 0.15) is 5.75 Å². The molecule has 232 valence electrons. The first kappa shape index (κ1) is 31.3. The lowest BCUT2D eigenvalue weighted by Crippen LogP contribution is -2.19. The number of ether oxygens (including phenoxy) is 2. The molecule has 0 atom stereocenters. The van der Waals surface area contributed by atoms with Gasteiger partial charge in [0, 0.05) is 11.0 Å². The van der Waals surface area contributed by atoms with E-state index in [4.69, 9.17) is 9.47 Å². The summed E-state index contributed by atoms with van der Waals surface area (Å²) >= 11 is 0. The van der Waals surface area contributed by atoms with Crippen LogP contribution in [0.5, 0.6) is 5.75 Å². The van der Waals surface area contributed by atoms with Crippen LogP contribution in [-0.2, 0) is 10.2 Å². The van der Waals surface area contributed by atoms with Crippen LogP contribution in [-0.4, -0.2) is 19.0 Å². The van der Waals surface area contributed by atoms with Crippen LogP contribution < -0.4 is 4.74 Å². The average Bonchev–Trinajstić information content (AvgIpc) is 3.12. The Morgan fingerprint density at radius 3 is 1.51 bits per heavy atom. The highest BCUT2D eigenvalue weighted by Crippen LogP contribution is 2.40. The van der Waals surface area contributed by atoms with E-state index in [1.54, 1.807) is 24.3 Å². The monoisotopic (exact) mass is 616 g/mol. The highest BCUT2D eigenvalue weighted by Gasteiger charge is 2.26. The molecule has 0 saturated heterocycles. The zero-order valence-electron chi connectivity index (χ0n) is 27.0. The molecule has 0 aromatic heterocycles. The molecule has 6 aromatic carbocycles. The summed E-state index contributed by atoms with van der Waals surface area (Å²) in [5.41, 5.74) is 10.2. The molecule has 0 amide bonds. The maximum atomic E-state index is 13.4. The molecule has 4 nitrogen and oxygen atoms in total. The van der Waals surface area contributed by atoms with E-state index < -0.39 is 5.97 Å². The second kappa shape index (κ2) is 13.3. The Kier molecular flexibility index (Phi) is 8.86. The van der Waals surface area contributed by atoms with Crippen molar-refractivity contribution in [1.82, 2.24) is 0 Å². The van der Waals surface area contributed by atoms with Crippen LogP contribution in [0.25, 0.3) is 33.4 Å². The highest BCUT2D eigenvalue weighted by atomic mass is 16.5. The van der Waals surface area contributed by atoms with Crippen LogP contribution in [0.1, 0.15) is 51.3 Å². The van der Waals surface area contributed by atoms with E-state index >= 15 is 0 Å². The summed E-state index contributed by atoms with van der Waals surface area (Å²) in [6, 6.07) is 47.7. The van der Waals surface area contributed by atoms with E-state index in [2.05, 4.69) is 75.4 Å². The minimum atomic E-state index is -0.437. The number of hydrogen-bond donors (Lipinski definition) is 0. The summed E-state index contributed by atoms with van der Waals surface area (Å²) in [5.74, 6) is -0.321. The van der Waals surface area contributed by atoms with Crippen molar-refractivity contribution in [2.24, 2.45) is 0 Å². The third-order valence-corrected chi connectivity index (χ3v) is 8.79. The van der Waals surface area contributed by atoms with Crippen molar-refractivity contribution >= 4 is 11.9 Å². The topological polar surface area (TPSA) is 52.6 Å². The molecule has 0 fully saturated rings. The molecular weight excluding hydrogens is 580 g/mol. The number of carbonyl (C=O) groups is 2. The molecular formula is C43H36O4. The number of rotatable bonds is 8. The maximum Gasteiger partial charge on any atom is 0.343 e. The molecule has 0 saturated carbocycles. The van der Waals surface area contributed by atoms with Gasteiger partial charge in [-0.2, -0.15) is 0 Å². The fourth-order valence-corrected chi connectivity index (χ4v) is 5.83. The molecule has 0 unspecified atom stereocenters. The average molecular weight is 617 g/mol. The number of carbonyl (C=O) groups excluding carboxylic acids is 2. The number of benzene rings is 6. The van der Waals surface area contributed by atoms with E-state index in [0.717, 1.165) is 27.8 Å². The van der Waals surface area contributed by atoms with Crippen LogP contribution in [0, 0.1) is 6.92 Å². The van der Waals surface area contributed by atoms with Crippen molar-refractivity contribution in [1.29, 1.82) is 0 Å². The van der Waals surface area contributed by atoms with E-state index in [1.807, 2.05) is 66.7 Å². The summed E-state index contributed by atoms with van der Waals surface area (Å²) in [6.07, 6.45) is 0. The number of methoxy groups -OCH3 is 1. The molecule has 0 N–H and O–H groups in total. The molecule has 0 aliphatic heterocycles. The predicted octanol–water partition coefficient (Wildman–Crippen LogP) is 10.3. The largest absolute Gasteiger partial charge is 0.465 e. The first-order valence-corrected chi connectivity index (χ1v) is 15.6. The van der Waals surface area contributed by atoms with Gasteiger partial charge in [-0.1, -0.05) is 123 Å². The van der Waals surface area contributed by atoms with Crippen LogP contribution in [0.2, 0.25) is 0 Å². The predicted molar refractivity (Wildman–Crippen MR) is 189 cm³/mol. The molecule has 47 heavy (non-hydrogen) atoms. The molecule has 4 heteroatoms. The lowest BCUT2D eigenvalue weighted by atomic mass is 9.76. The van der Waals surface area contributed by atoms with Crippen molar-refractivity contribution < 1.29 is 19.1 Å². The third kappa shape index (κ3) is 6.63. The Hall–Kier alpha value is -5.74. The first-order chi connectivity index (χ1) is 22.7. The van der Waals surface area contributed by atoms with Gasteiger partial charge in [-0.3, -0.25) is 0 Å². The van der Waals surface area contributed by atoms with Crippen molar-refractivity contribution in [3.05, 3.63) is 173 Å². The molecule has 0 aliphatic rings. The van der Waals surface area contributed by atoms with Crippen molar-refractivity contribution in [3.63, 3.8) is 0 Å². The lowest BCUT2D eigenvalue weighted by molar-refractivity contribution is 0.0600. The van der Waals surface area contributed by atoms with Crippen molar-refractivity contribution in [3.8, 4) is 39.1 Å². The Morgan fingerprint density at radius 1 is 0.511 bits per heavy atom. The Balaban J connectivity index is 1.29. The third-order valence-electron chi connectivity index (χ3n) is 8.79. The van der Waals surface area contributed by atoms with Crippen LogP contribution in [0.4, 0.5) is 0 Å². The van der Waals surface area contributed by atoms with Gasteiger partial charge < -0.3 is 9.47 Å². The Morgan fingerprint density at radius 2 is 0.979 bits per heavy atom. The summed E-state index contributed by atoms with van der Waals surface area (Å²) in [5, 5.41) is 0. The normalized spacial score (nSPS) is 11.1. The molecule has 0 heterocycles. The highest BCUT2D eigenvalue weighted by molar-refractivity contribution is 5.93. The molecule has 6 aromatic rings. The Labute approximate surface area is 276 Å². The van der Waals surface area contributed by atoms with Gasteiger partial charge in [0.2, 0.25) is 0 Å². The molecule has 6 rings (SSSR count). The molecule has 0 spiro atoms. The fraction of sp³-hybridized carbons (Fsp3) is 0.116. The quantitative estimate of drug-likeness (QED) is 0.126. The van der Waals surface area contributed by atoms with Gasteiger partial charge in [0.15, 0.2) is 0 Å². The summed E-state index contributed by atoms with van der Waals surface area (Å²) < 4.78 is 10.8. The number of hydrogen-bond acceptors (Lipinski definition) is 4. The minimum Gasteiger partial charge on any atom is -0.465 e. The number of esters is 2. The Bertz CT molecular complexity index is 2030. The van der Waals surface area contributed by atoms with Gasteiger partial charge in [-0.05, 0) is 87.8 Å². The van der Waals surface area contributed by atoms with E-state index in [1.165, 1.54) is 29.4 Å². The second-order valence-corrected chi connectivity index (χ2v) is 12.1. The van der Waals surface area contributed by atoms with Gasteiger partial charge in [0.25, 0.3) is 0 Å². The lowest BCUT2D eigenvalue weighted by Gasteiger charge is -2.28. The zero-order valence-corrected chi connectivity index (χ0v) is 27.0. The molecule has 0 radical (unpaired) electrons. The maximum absolute atomic E-state index is 13.4. The minimum absolute atomic E-state index is 0.325. The smallest absolute Gasteiger partial charge is 0.343 e. The SMILES string of the molecule is COC(=O)c1ccc(-c2ccc(C(=O)Oc3ccc(C(C)(C)c4ccc(C)c(-c5ccccc5)c4)cc3-c3ccccc3)cc2)cc1. The second-order valence-electron chi connectivity index (χ2n) is 12.1. The van der Waals surface area contributed by atoms with Crippen molar-refractivity contribution in [2.45, 2.75) is 26.2 Å². The summed E-state index contributed by atoms with van der Waals surface area (Å²) in [7, 11) is 1.36. The van der Waals surface area contributed by atoms with E-state index in [-0.39, 0.29) is 11.4 Å². The standard InChI is InChI=1S/C43H36O4/c1-29-15-24-36(27-38(29)32-11-7-5-8-12-32)43(2,3)37-25-26-40(39(28-37)33-13-9-6-10-14-33)47-42(45)35-22-18-31(19-23-35)30-16-20-34(21-17-30)41(44)46-4/h5-28H,1-4H3. The summed E-state index contributed by atoms with van der Waals surface area (Å²) in [6.45, 7) is 6.60. The molecule has 0 aliphatic carbocycles. The zero-order chi connectivity index (χ0) is 33.0. The van der Waals surface area contributed by atoms with Gasteiger partial charge >= 0.3 is 11.9 Å². The summed E-state index contributed by atoms with van der Waals surface area (Å²) in [4.78, 5) is 25.2. The number of aryl methyl sites for hydroxylation is 1.